The molecule has 11 rings (SSSR count). The second-order valence-electron chi connectivity index (χ2n) is 13.3. The standard InChI is InChI=1S/C47H28N4S/c48-29-31-13-9-11-30-12-10-22-44(47(30)31)51-42-25-23-32(49-38-18-5-1-14-34(38)35-15-2-6-19-39(35)49)27-45(42)52-46-28-33(24-26-43(46)51)50-40-20-7-3-16-36(40)37-17-4-8-21-41(37)50/h1-28H. The highest BCUT2D eigenvalue weighted by molar-refractivity contribution is 7.99. The highest BCUT2D eigenvalue weighted by Crippen LogP contribution is 2.54. The first-order chi connectivity index (χ1) is 25.8. The van der Waals surface area contributed by atoms with Gasteiger partial charge < -0.3 is 14.0 Å². The van der Waals surface area contributed by atoms with E-state index in [-0.39, 0.29) is 0 Å². The molecule has 52 heavy (non-hydrogen) atoms. The van der Waals surface area contributed by atoms with Crippen LogP contribution in [-0.4, -0.2) is 9.13 Å². The molecule has 0 bridgehead atoms. The molecule has 0 saturated carbocycles. The average Bonchev–Trinajstić information content (AvgIpc) is 3.72. The van der Waals surface area contributed by atoms with Crippen molar-refractivity contribution in [1.29, 1.82) is 5.26 Å². The minimum Gasteiger partial charge on any atom is -0.309 e. The van der Waals surface area contributed by atoms with E-state index < -0.39 is 0 Å². The van der Waals surface area contributed by atoms with Crippen molar-refractivity contribution in [1.82, 2.24) is 9.13 Å². The molecule has 5 heteroatoms. The van der Waals surface area contributed by atoms with Crippen LogP contribution in [0.5, 0.6) is 0 Å². The average molecular weight is 681 g/mol. The van der Waals surface area contributed by atoms with Gasteiger partial charge in [0, 0.05) is 48.1 Å². The fourth-order valence-electron chi connectivity index (χ4n) is 8.33. The molecule has 4 nitrogen and oxygen atoms in total. The van der Waals surface area contributed by atoms with Crippen molar-refractivity contribution in [3.63, 3.8) is 0 Å². The van der Waals surface area contributed by atoms with Crippen molar-refractivity contribution in [2.45, 2.75) is 9.79 Å². The zero-order valence-electron chi connectivity index (χ0n) is 27.9. The quantitative estimate of drug-likeness (QED) is 0.186. The molecule has 0 spiro atoms. The van der Waals surface area contributed by atoms with E-state index in [1.165, 1.54) is 43.6 Å². The van der Waals surface area contributed by atoms with E-state index in [0.29, 0.717) is 5.56 Å². The summed E-state index contributed by atoms with van der Waals surface area (Å²) in [6.07, 6.45) is 0. The van der Waals surface area contributed by atoms with Gasteiger partial charge >= 0.3 is 0 Å². The number of anilines is 3. The third kappa shape index (κ3) is 4.10. The summed E-state index contributed by atoms with van der Waals surface area (Å²) in [5, 5.41) is 17.3. The number of fused-ring (bicyclic) bond motifs is 9. The van der Waals surface area contributed by atoms with Gasteiger partial charge in [-0.25, -0.2) is 0 Å². The first-order valence-electron chi connectivity index (χ1n) is 17.4. The van der Waals surface area contributed by atoms with Crippen LogP contribution >= 0.6 is 11.8 Å². The maximum absolute atomic E-state index is 10.3. The first-order valence-corrected chi connectivity index (χ1v) is 18.2. The topological polar surface area (TPSA) is 36.9 Å². The monoisotopic (exact) mass is 680 g/mol. The fourth-order valence-corrected chi connectivity index (χ4v) is 9.45. The van der Waals surface area contributed by atoms with Crippen LogP contribution in [0.25, 0.3) is 65.8 Å². The highest BCUT2D eigenvalue weighted by Gasteiger charge is 2.28. The van der Waals surface area contributed by atoms with Gasteiger partial charge in [-0.3, -0.25) is 0 Å². The lowest BCUT2D eigenvalue weighted by molar-refractivity contribution is 1.11. The van der Waals surface area contributed by atoms with Crippen molar-refractivity contribution in [3.8, 4) is 17.4 Å². The second kappa shape index (κ2) is 11.1. The smallest absolute Gasteiger partial charge is 0.0998 e. The van der Waals surface area contributed by atoms with E-state index in [9.17, 15) is 5.26 Å². The first kappa shape index (κ1) is 29.0. The van der Waals surface area contributed by atoms with Gasteiger partial charge in [0.2, 0.25) is 0 Å². The molecule has 3 heterocycles. The van der Waals surface area contributed by atoms with E-state index in [0.717, 1.165) is 49.0 Å². The summed E-state index contributed by atoms with van der Waals surface area (Å²) in [5.74, 6) is 0. The van der Waals surface area contributed by atoms with E-state index >= 15 is 0 Å². The molecule has 1 aliphatic rings. The summed E-state index contributed by atoms with van der Waals surface area (Å²) >= 11 is 1.81. The van der Waals surface area contributed by atoms with Crippen LogP contribution in [0.4, 0.5) is 17.1 Å². The Bertz CT molecular complexity index is 2870. The van der Waals surface area contributed by atoms with Gasteiger partial charge in [0.15, 0.2) is 0 Å². The Labute approximate surface area is 304 Å². The van der Waals surface area contributed by atoms with E-state index in [1.807, 2.05) is 23.9 Å². The van der Waals surface area contributed by atoms with Gasteiger partial charge in [-0.05, 0) is 78.2 Å². The van der Waals surface area contributed by atoms with E-state index in [1.54, 1.807) is 0 Å². The molecule has 8 aromatic carbocycles. The van der Waals surface area contributed by atoms with Crippen LogP contribution < -0.4 is 4.90 Å². The number of aromatic nitrogens is 2. The molecule has 2 aromatic heterocycles. The Morgan fingerprint density at radius 2 is 0.865 bits per heavy atom. The van der Waals surface area contributed by atoms with Gasteiger partial charge in [-0.15, -0.1) is 0 Å². The number of benzene rings is 8. The van der Waals surface area contributed by atoms with Gasteiger partial charge in [-0.1, -0.05) is 109 Å². The lowest BCUT2D eigenvalue weighted by atomic mass is 10.0. The fraction of sp³-hybridized carbons (Fsp3) is 0. The molecule has 0 amide bonds. The van der Waals surface area contributed by atoms with Crippen molar-refractivity contribution >= 4 is 83.2 Å². The van der Waals surface area contributed by atoms with Crippen LogP contribution in [0.15, 0.2) is 180 Å². The third-order valence-electron chi connectivity index (χ3n) is 10.5. The third-order valence-corrected chi connectivity index (χ3v) is 11.6. The molecule has 0 radical (unpaired) electrons. The molecule has 0 aliphatic carbocycles. The molecule has 242 valence electrons. The number of hydrogen-bond acceptors (Lipinski definition) is 3. The number of rotatable bonds is 3. The van der Waals surface area contributed by atoms with Crippen molar-refractivity contribution in [2.24, 2.45) is 0 Å². The predicted molar refractivity (Wildman–Crippen MR) is 216 cm³/mol. The highest BCUT2D eigenvalue weighted by atomic mass is 32.2. The molecule has 0 unspecified atom stereocenters. The lowest BCUT2D eigenvalue weighted by Gasteiger charge is -2.34. The summed E-state index contributed by atoms with van der Waals surface area (Å²) in [6.45, 7) is 0. The Morgan fingerprint density at radius 1 is 0.423 bits per heavy atom. The largest absolute Gasteiger partial charge is 0.309 e. The van der Waals surface area contributed by atoms with Crippen molar-refractivity contribution < 1.29 is 0 Å². The molecule has 1 aliphatic heterocycles. The number of para-hydroxylation sites is 4. The van der Waals surface area contributed by atoms with Crippen LogP contribution in [-0.2, 0) is 0 Å². The molecule has 0 saturated heterocycles. The van der Waals surface area contributed by atoms with Crippen molar-refractivity contribution in [3.05, 3.63) is 175 Å². The van der Waals surface area contributed by atoms with Gasteiger partial charge in [0.25, 0.3) is 0 Å². The summed E-state index contributed by atoms with van der Waals surface area (Å²) in [5.41, 5.74) is 10.8. The van der Waals surface area contributed by atoms with Crippen LogP contribution in [0.3, 0.4) is 0 Å². The Kier molecular flexibility index (Phi) is 6.22. The molecular weight excluding hydrogens is 653 g/mol. The molecule has 0 atom stereocenters. The van der Waals surface area contributed by atoms with E-state index in [2.05, 4.69) is 178 Å². The zero-order valence-corrected chi connectivity index (χ0v) is 28.7. The number of hydrogen-bond donors (Lipinski definition) is 0. The summed E-state index contributed by atoms with van der Waals surface area (Å²) in [4.78, 5) is 4.66. The maximum atomic E-state index is 10.3. The SMILES string of the molecule is N#Cc1cccc2cccc(N3c4ccc(-n5c6ccccc6c6ccccc65)cc4Sc4cc(-n5c6ccccc6c6ccccc65)ccc43)c12. The Hall–Kier alpha value is -6.74. The molecule has 0 fully saturated rings. The summed E-state index contributed by atoms with van der Waals surface area (Å²) in [6, 6.07) is 63.0. The second-order valence-corrected chi connectivity index (χ2v) is 14.4. The van der Waals surface area contributed by atoms with Gasteiger partial charge in [0.1, 0.15) is 0 Å². The lowest BCUT2D eigenvalue weighted by Crippen LogP contribution is -2.16. The molecule has 10 aromatic rings. The Morgan fingerprint density at radius 3 is 1.33 bits per heavy atom. The Balaban J connectivity index is 1.17. The van der Waals surface area contributed by atoms with Gasteiger partial charge in [0.05, 0.1) is 50.8 Å². The van der Waals surface area contributed by atoms with E-state index in [4.69, 9.17) is 0 Å². The normalized spacial score (nSPS) is 12.5. The van der Waals surface area contributed by atoms with Crippen LogP contribution in [0, 0.1) is 11.3 Å². The number of nitriles is 1. The maximum Gasteiger partial charge on any atom is 0.0998 e. The van der Waals surface area contributed by atoms with Crippen LogP contribution in [0.2, 0.25) is 0 Å². The molecular formula is C47H28N4S. The van der Waals surface area contributed by atoms with Crippen LogP contribution in [0.1, 0.15) is 5.56 Å². The van der Waals surface area contributed by atoms with Crippen molar-refractivity contribution in [2.75, 3.05) is 4.90 Å². The minimum absolute atomic E-state index is 0.665. The minimum atomic E-state index is 0.665. The predicted octanol–water partition coefficient (Wildman–Crippen LogP) is 12.8. The van der Waals surface area contributed by atoms with Gasteiger partial charge in [-0.2, -0.15) is 5.26 Å². The zero-order chi connectivity index (χ0) is 34.3. The summed E-state index contributed by atoms with van der Waals surface area (Å²) < 4.78 is 4.76. The summed E-state index contributed by atoms with van der Waals surface area (Å²) in [7, 11) is 0. The number of nitrogens with zero attached hydrogens (tertiary/aromatic N) is 4. The molecule has 0 N–H and O–H groups in total.